The summed E-state index contributed by atoms with van der Waals surface area (Å²) in [4.78, 5) is 8.27. The number of nitrogens with one attached hydrogen (secondary N) is 1. The first-order valence-electron chi connectivity index (χ1n) is 4.89. The number of hydrogen-bond acceptors (Lipinski definition) is 3. The van der Waals surface area contributed by atoms with E-state index >= 15 is 0 Å². The van der Waals surface area contributed by atoms with Crippen LogP contribution in [-0.4, -0.2) is 9.97 Å². The lowest BCUT2D eigenvalue weighted by Crippen LogP contribution is -1.99. The molecule has 1 aromatic heterocycles. The van der Waals surface area contributed by atoms with Crippen LogP contribution in [0.5, 0.6) is 0 Å². The van der Waals surface area contributed by atoms with Crippen molar-refractivity contribution in [1.29, 1.82) is 0 Å². The molecule has 0 aliphatic rings. The topological polar surface area (TPSA) is 37.8 Å². The summed E-state index contributed by atoms with van der Waals surface area (Å²) < 4.78 is 0.584. The lowest BCUT2D eigenvalue weighted by atomic mass is 10.3. The van der Waals surface area contributed by atoms with Gasteiger partial charge in [-0.15, -0.1) is 0 Å². The van der Waals surface area contributed by atoms with Gasteiger partial charge in [0.05, 0.1) is 15.2 Å². The standard InChI is InChI=1S/C11H7BrCl3N3/c1-5-16-10(15)9(12)11(17-5)18-8-3-2-6(13)4-7(8)14/h2-4H,1H3,(H,16,17,18). The molecule has 0 saturated carbocycles. The van der Waals surface area contributed by atoms with Gasteiger partial charge in [-0.05, 0) is 41.1 Å². The molecular formula is C11H7BrCl3N3. The molecular weight excluding hydrogens is 360 g/mol. The lowest BCUT2D eigenvalue weighted by Gasteiger charge is -2.10. The van der Waals surface area contributed by atoms with Crippen molar-refractivity contribution in [2.45, 2.75) is 6.92 Å². The molecule has 94 valence electrons. The van der Waals surface area contributed by atoms with Crippen LogP contribution in [0.3, 0.4) is 0 Å². The Morgan fingerprint density at radius 2 is 1.89 bits per heavy atom. The first-order valence-corrected chi connectivity index (χ1v) is 6.82. The second-order valence-electron chi connectivity index (χ2n) is 3.47. The minimum absolute atomic E-state index is 0.343. The van der Waals surface area contributed by atoms with Gasteiger partial charge in [0.1, 0.15) is 16.8 Å². The molecule has 7 heteroatoms. The Labute approximate surface area is 128 Å². The molecule has 0 saturated heterocycles. The third-order valence-corrected chi connectivity index (χ3v) is 3.91. The third-order valence-electron chi connectivity index (χ3n) is 2.11. The Morgan fingerprint density at radius 1 is 1.17 bits per heavy atom. The van der Waals surface area contributed by atoms with Crippen LogP contribution < -0.4 is 5.32 Å². The van der Waals surface area contributed by atoms with E-state index in [4.69, 9.17) is 34.8 Å². The molecule has 0 fully saturated rings. The largest absolute Gasteiger partial charge is 0.338 e. The highest BCUT2D eigenvalue weighted by molar-refractivity contribution is 9.10. The summed E-state index contributed by atoms with van der Waals surface area (Å²) >= 11 is 21.2. The predicted molar refractivity (Wildman–Crippen MR) is 79.2 cm³/mol. The number of aromatic nitrogens is 2. The summed E-state index contributed by atoms with van der Waals surface area (Å²) in [6.45, 7) is 1.76. The molecule has 18 heavy (non-hydrogen) atoms. The van der Waals surface area contributed by atoms with Crippen molar-refractivity contribution in [2.24, 2.45) is 0 Å². The summed E-state index contributed by atoms with van der Waals surface area (Å²) in [5.41, 5.74) is 0.691. The number of nitrogens with zero attached hydrogens (tertiary/aromatic N) is 2. The summed E-state index contributed by atoms with van der Waals surface area (Å²) in [7, 11) is 0. The van der Waals surface area contributed by atoms with Gasteiger partial charge in [-0.3, -0.25) is 0 Å². The third kappa shape index (κ3) is 3.06. The van der Waals surface area contributed by atoms with E-state index in [1.807, 2.05) is 0 Å². The summed E-state index contributed by atoms with van der Waals surface area (Å²) in [6, 6.07) is 5.15. The summed E-state index contributed by atoms with van der Waals surface area (Å²) in [6.07, 6.45) is 0. The highest BCUT2D eigenvalue weighted by Gasteiger charge is 2.10. The van der Waals surface area contributed by atoms with Gasteiger partial charge in [0.15, 0.2) is 0 Å². The number of hydrogen-bond donors (Lipinski definition) is 1. The van der Waals surface area contributed by atoms with E-state index in [-0.39, 0.29) is 0 Å². The van der Waals surface area contributed by atoms with Gasteiger partial charge in [-0.1, -0.05) is 34.8 Å². The number of benzene rings is 1. The quantitative estimate of drug-likeness (QED) is 0.737. The minimum atomic E-state index is 0.343. The predicted octanol–water partition coefficient (Wildman–Crippen LogP) is 5.25. The molecule has 2 aromatic rings. The summed E-state index contributed by atoms with van der Waals surface area (Å²) in [5.74, 6) is 1.12. The Bertz CT molecular complexity index is 604. The smallest absolute Gasteiger partial charge is 0.150 e. The molecule has 2 rings (SSSR count). The molecule has 1 N–H and O–H groups in total. The lowest BCUT2D eigenvalue weighted by molar-refractivity contribution is 1.05. The monoisotopic (exact) mass is 365 g/mol. The zero-order chi connectivity index (χ0) is 13.3. The van der Waals surface area contributed by atoms with Crippen LogP contribution in [-0.2, 0) is 0 Å². The molecule has 0 amide bonds. The van der Waals surface area contributed by atoms with Gasteiger partial charge in [-0.25, -0.2) is 9.97 Å². The second-order valence-corrected chi connectivity index (χ2v) is 5.47. The van der Waals surface area contributed by atoms with Crippen molar-refractivity contribution in [2.75, 3.05) is 5.32 Å². The van der Waals surface area contributed by atoms with Crippen molar-refractivity contribution in [3.63, 3.8) is 0 Å². The average molecular weight is 367 g/mol. The van der Waals surface area contributed by atoms with E-state index < -0.39 is 0 Å². The molecule has 0 spiro atoms. The Hall–Kier alpha value is -0.550. The highest BCUT2D eigenvalue weighted by Crippen LogP contribution is 2.33. The average Bonchev–Trinajstić information content (AvgIpc) is 2.29. The van der Waals surface area contributed by atoms with Gasteiger partial charge >= 0.3 is 0 Å². The van der Waals surface area contributed by atoms with E-state index in [2.05, 4.69) is 31.2 Å². The van der Waals surface area contributed by atoms with Crippen LogP contribution >= 0.6 is 50.7 Å². The van der Waals surface area contributed by atoms with Crippen LogP contribution in [0, 0.1) is 6.92 Å². The first-order chi connectivity index (χ1) is 8.47. The maximum atomic E-state index is 6.07. The zero-order valence-corrected chi connectivity index (χ0v) is 13.0. The molecule has 3 nitrogen and oxygen atoms in total. The second kappa shape index (κ2) is 5.61. The SMILES string of the molecule is Cc1nc(Cl)c(Br)c(Nc2ccc(Cl)cc2Cl)n1. The van der Waals surface area contributed by atoms with Crippen LogP contribution in [0.4, 0.5) is 11.5 Å². The van der Waals surface area contributed by atoms with Gasteiger partial charge in [0, 0.05) is 5.02 Å². The Morgan fingerprint density at radius 3 is 2.56 bits per heavy atom. The van der Waals surface area contributed by atoms with E-state index in [1.165, 1.54) is 0 Å². The van der Waals surface area contributed by atoms with Crippen LogP contribution in [0.2, 0.25) is 15.2 Å². The molecule has 0 atom stereocenters. The van der Waals surface area contributed by atoms with E-state index in [0.29, 0.717) is 37.0 Å². The van der Waals surface area contributed by atoms with Gasteiger partial charge in [0.2, 0.25) is 0 Å². The molecule has 0 aliphatic carbocycles. The van der Waals surface area contributed by atoms with Crippen LogP contribution in [0.25, 0.3) is 0 Å². The normalized spacial score (nSPS) is 10.5. The van der Waals surface area contributed by atoms with Crippen LogP contribution in [0.1, 0.15) is 5.82 Å². The molecule has 0 aliphatic heterocycles. The molecule has 1 heterocycles. The van der Waals surface area contributed by atoms with Gasteiger partial charge in [-0.2, -0.15) is 0 Å². The molecule has 1 aromatic carbocycles. The van der Waals surface area contributed by atoms with Gasteiger partial charge < -0.3 is 5.32 Å². The van der Waals surface area contributed by atoms with Crippen molar-refractivity contribution >= 4 is 62.2 Å². The number of aryl methyl sites for hydroxylation is 1. The number of halogens is 4. The van der Waals surface area contributed by atoms with E-state index in [1.54, 1.807) is 25.1 Å². The molecule has 0 bridgehead atoms. The fraction of sp³-hybridized carbons (Fsp3) is 0.0909. The summed E-state index contributed by atoms with van der Waals surface area (Å²) in [5, 5.41) is 4.49. The van der Waals surface area contributed by atoms with E-state index in [0.717, 1.165) is 0 Å². The Balaban J connectivity index is 2.40. The molecule has 0 radical (unpaired) electrons. The van der Waals surface area contributed by atoms with Crippen molar-refractivity contribution in [3.8, 4) is 0 Å². The van der Waals surface area contributed by atoms with Gasteiger partial charge in [0.25, 0.3) is 0 Å². The number of rotatable bonds is 2. The minimum Gasteiger partial charge on any atom is -0.338 e. The van der Waals surface area contributed by atoms with Crippen molar-refractivity contribution in [1.82, 2.24) is 9.97 Å². The fourth-order valence-corrected chi connectivity index (χ4v) is 2.27. The maximum absolute atomic E-state index is 6.07. The Kier molecular flexibility index (Phi) is 4.33. The maximum Gasteiger partial charge on any atom is 0.150 e. The van der Waals surface area contributed by atoms with Crippen molar-refractivity contribution in [3.05, 3.63) is 43.7 Å². The van der Waals surface area contributed by atoms with E-state index in [9.17, 15) is 0 Å². The highest BCUT2D eigenvalue weighted by atomic mass is 79.9. The number of anilines is 2. The van der Waals surface area contributed by atoms with Crippen LogP contribution in [0.15, 0.2) is 22.7 Å². The fourth-order valence-electron chi connectivity index (χ4n) is 1.33. The first kappa shape index (κ1) is 13.9. The molecule has 0 unspecified atom stereocenters. The zero-order valence-electron chi connectivity index (χ0n) is 9.14. The van der Waals surface area contributed by atoms with Crippen molar-refractivity contribution < 1.29 is 0 Å².